The van der Waals surface area contributed by atoms with Crippen molar-refractivity contribution >= 4 is 28.9 Å². The molecule has 0 spiro atoms. The number of benzene rings is 1. The number of halogens is 1. The van der Waals surface area contributed by atoms with Crippen LogP contribution in [0.25, 0.3) is 17.0 Å². The summed E-state index contributed by atoms with van der Waals surface area (Å²) in [5.41, 5.74) is 1.09. The van der Waals surface area contributed by atoms with Crippen LogP contribution in [0.15, 0.2) is 30.3 Å². The lowest BCUT2D eigenvalue weighted by molar-refractivity contribution is -0.131. The van der Waals surface area contributed by atoms with Crippen LogP contribution in [0.2, 0.25) is 0 Å². The van der Waals surface area contributed by atoms with Gasteiger partial charge in [0.15, 0.2) is 0 Å². The monoisotopic (exact) mass is 315 g/mol. The molecule has 0 radical (unpaired) electrons. The van der Waals surface area contributed by atoms with Gasteiger partial charge >= 0.3 is 5.97 Å². The molecule has 1 heterocycles. The van der Waals surface area contributed by atoms with Gasteiger partial charge in [0.05, 0.1) is 5.52 Å². The van der Waals surface area contributed by atoms with E-state index in [0.717, 1.165) is 38.2 Å². The number of aliphatic carboxylic acids is 1. The molecule has 0 amide bonds. The quantitative estimate of drug-likeness (QED) is 0.868. The molecular weight excluding hydrogens is 297 g/mol. The minimum absolute atomic E-state index is 0.0312. The molecule has 1 N–H and O–H groups in total. The van der Waals surface area contributed by atoms with Crippen molar-refractivity contribution in [2.45, 2.75) is 32.1 Å². The van der Waals surface area contributed by atoms with Gasteiger partial charge in [-0.15, -0.1) is 0 Å². The molecule has 1 saturated carbocycles. The van der Waals surface area contributed by atoms with E-state index in [2.05, 4.69) is 0 Å². The van der Waals surface area contributed by atoms with E-state index in [1.807, 2.05) is 0 Å². The van der Waals surface area contributed by atoms with Crippen LogP contribution in [0.5, 0.6) is 0 Å². The third-order valence-corrected chi connectivity index (χ3v) is 4.36. The van der Waals surface area contributed by atoms with Gasteiger partial charge in [0.2, 0.25) is 5.91 Å². The van der Waals surface area contributed by atoms with Crippen LogP contribution in [0.3, 0.4) is 0 Å². The number of carbonyl (C=O) groups excluding carboxylic acids is 1. The second kappa shape index (κ2) is 6.36. The highest BCUT2D eigenvalue weighted by Crippen LogP contribution is 2.29. The Labute approximate surface area is 133 Å². The number of hydrogen-bond acceptors (Lipinski definition) is 2. The summed E-state index contributed by atoms with van der Waals surface area (Å²) in [6.07, 6.45) is 7.29. The highest BCUT2D eigenvalue weighted by molar-refractivity contribution is 5.97. The maximum absolute atomic E-state index is 13.4. The van der Waals surface area contributed by atoms with Crippen molar-refractivity contribution in [2.75, 3.05) is 0 Å². The first-order valence-electron chi connectivity index (χ1n) is 7.82. The Hall–Kier alpha value is -2.43. The summed E-state index contributed by atoms with van der Waals surface area (Å²) in [7, 11) is 0. The number of carbonyl (C=O) groups is 2. The van der Waals surface area contributed by atoms with Crippen molar-refractivity contribution in [1.82, 2.24) is 4.57 Å². The maximum Gasteiger partial charge on any atom is 0.328 e. The van der Waals surface area contributed by atoms with Gasteiger partial charge in [-0.05, 0) is 43.2 Å². The lowest BCUT2D eigenvalue weighted by Gasteiger charge is -2.21. The fourth-order valence-corrected chi connectivity index (χ4v) is 3.26. The van der Waals surface area contributed by atoms with E-state index in [4.69, 9.17) is 5.11 Å². The van der Waals surface area contributed by atoms with Crippen LogP contribution >= 0.6 is 0 Å². The maximum atomic E-state index is 13.4. The topological polar surface area (TPSA) is 59.3 Å². The fourth-order valence-electron chi connectivity index (χ4n) is 3.26. The number of aromatic nitrogens is 1. The SMILES string of the molecule is O=C(O)/C=C/c1cc2cc(F)ccc2n1C(=O)C1CCCCC1. The summed E-state index contributed by atoms with van der Waals surface area (Å²) in [5.74, 6) is -1.55. The summed E-state index contributed by atoms with van der Waals surface area (Å²) >= 11 is 0. The standard InChI is InChI=1S/C18H18FNO3/c19-14-6-8-16-13(10-14)11-15(7-9-17(21)22)20(16)18(23)12-4-2-1-3-5-12/h6-12H,1-5H2,(H,21,22)/b9-7+. The van der Waals surface area contributed by atoms with E-state index in [1.165, 1.54) is 22.8 Å². The van der Waals surface area contributed by atoms with Gasteiger partial charge in [-0.25, -0.2) is 9.18 Å². The van der Waals surface area contributed by atoms with Crippen LogP contribution in [0.4, 0.5) is 4.39 Å². The molecule has 0 atom stereocenters. The van der Waals surface area contributed by atoms with Crippen molar-refractivity contribution in [3.63, 3.8) is 0 Å². The van der Waals surface area contributed by atoms with Gasteiger partial charge < -0.3 is 5.11 Å². The largest absolute Gasteiger partial charge is 0.478 e. The van der Waals surface area contributed by atoms with Crippen LogP contribution in [-0.2, 0) is 4.79 Å². The molecule has 1 aliphatic carbocycles. The molecule has 0 bridgehead atoms. The van der Waals surface area contributed by atoms with Crippen LogP contribution in [-0.4, -0.2) is 21.6 Å². The van der Waals surface area contributed by atoms with E-state index in [1.54, 1.807) is 12.1 Å². The van der Waals surface area contributed by atoms with Crippen molar-refractivity contribution < 1.29 is 19.1 Å². The third-order valence-electron chi connectivity index (χ3n) is 4.36. The minimum atomic E-state index is -1.09. The van der Waals surface area contributed by atoms with E-state index < -0.39 is 5.97 Å². The molecule has 0 aliphatic heterocycles. The highest BCUT2D eigenvalue weighted by atomic mass is 19.1. The Kier molecular flexibility index (Phi) is 4.28. The zero-order valence-electron chi connectivity index (χ0n) is 12.7. The molecule has 23 heavy (non-hydrogen) atoms. The Morgan fingerprint density at radius 3 is 2.61 bits per heavy atom. The molecule has 0 unspecified atom stereocenters. The Morgan fingerprint density at radius 1 is 1.17 bits per heavy atom. The van der Waals surface area contributed by atoms with E-state index in [-0.39, 0.29) is 17.6 Å². The van der Waals surface area contributed by atoms with E-state index in [9.17, 15) is 14.0 Å². The molecule has 2 aromatic rings. The minimum Gasteiger partial charge on any atom is -0.478 e. The van der Waals surface area contributed by atoms with Crippen LogP contribution in [0.1, 0.15) is 42.6 Å². The van der Waals surface area contributed by atoms with Gasteiger partial charge in [-0.2, -0.15) is 0 Å². The van der Waals surface area contributed by atoms with Gasteiger partial charge in [-0.1, -0.05) is 19.3 Å². The predicted octanol–water partition coefficient (Wildman–Crippen LogP) is 4.10. The summed E-state index contributed by atoms with van der Waals surface area (Å²) in [5, 5.41) is 9.43. The number of nitrogens with zero attached hydrogens (tertiary/aromatic N) is 1. The summed E-state index contributed by atoms with van der Waals surface area (Å²) < 4.78 is 15.0. The number of carboxylic acid groups (broad SMARTS) is 1. The molecule has 0 saturated heterocycles. The lowest BCUT2D eigenvalue weighted by atomic mass is 9.88. The second-order valence-electron chi connectivity index (χ2n) is 5.95. The molecule has 1 aromatic heterocycles. The molecule has 120 valence electrons. The Balaban J connectivity index is 2.09. The van der Waals surface area contributed by atoms with Crippen LogP contribution in [0, 0.1) is 11.7 Å². The summed E-state index contributed by atoms with van der Waals surface area (Å²) in [6, 6.07) is 5.90. The first-order valence-corrected chi connectivity index (χ1v) is 7.82. The zero-order valence-corrected chi connectivity index (χ0v) is 12.7. The molecule has 3 rings (SSSR count). The third kappa shape index (κ3) is 3.18. The summed E-state index contributed by atoms with van der Waals surface area (Å²) in [6.45, 7) is 0. The predicted molar refractivity (Wildman–Crippen MR) is 85.8 cm³/mol. The van der Waals surface area contributed by atoms with Crippen molar-refractivity contribution in [1.29, 1.82) is 0 Å². The van der Waals surface area contributed by atoms with E-state index >= 15 is 0 Å². The first kappa shape index (κ1) is 15.5. The first-order chi connectivity index (χ1) is 11.1. The van der Waals surface area contributed by atoms with Gasteiger partial charge in [0, 0.05) is 23.1 Å². The van der Waals surface area contributed by atoms with Gasteiger partial charge in [0.1, 0.15) is 5.82 Å². The Morgan fingerprint density at radius 2 is 1.91 bits per heavy atom. The smallest absolute Gasteiger partial charge is 0.328 e. The number of fused-ring (bicyclic) bond motifs is 1. The van der Waals surface area contributed by atoms with Gasteiger partial charge in [0.25, 0.3) is 0 Å². The lowest BCUT2D eigenvalue weighted by Crippen LogP contribution is -2.24. The molecule has 1 aromatic carbocycles. The average Bonchev–Trinajstić information content (AvgIpc) is 2.90. The second-order valence-corrected chi connectivity index (χ2v) is 5.95. The fraction of sp³-hybridized carbons (Fsp3) is 0.333. The zero-order chi connectivity index (χ0) is 16.4. The van der Waals surface area contributed by atoms with E-state index in [0.29, 0.717) is 16.6 Å². The number of hydrogen-bond donors (Lipinski definition) is 1. The average molecular weight is 315 g/mol. The van der Waals surface area contributed by atoms with Crippen molar-refractivity contribution in [2.24, 2.45) is 5.92 Å². The molecule has 1 fully saturated rings. The highest BCUT2D eigenvalue weighted by Gasteiger charge is 2.25. The summed E-state index contributed by atoms with van der Waals surface area (Å²) in [4.78, 5) is 23.7. The molecule has 1 aliphatic rings. The molecule has 5 heteroatoms. The van der Waals surface area contributed by atoms with Crippen LogP contribution < -0.4 is 0 Å². The van der Waals surface area contributed by atoms with Crippen molar-refractivity contribution in [3.8, 4) is 0 Å². The van der Waals surface area contributed by atoms with Crippen molar-refractivity contribution in [3.05, 3.63) is 41.9 Å². The molecule has 4 nitrogen and oxygen atoms in total. The Bertz CT molecular complexity index is 785. The normalized spacial score (nSPS) is 16.2. The van der Waals surface area contributed by atoms with Gasteiger partial charge in [-0.3, -0.25) is 9.36 Å². The number of carboxylic acids is 1. The number of rotatable bonds is 3. The molecular formula is C18H18FNO3.